The van der Waals surface area contributed by atoms with E-state index in [2.05, 4.69) is 266 Å². The Labute approximate surface area is 407 Å². The Morgan fingerprint density at radius 3 is 2.01 bits per heavy atom. The molecule has 2 aromatic heterocycles. The van der Waals surface area contributed by atoms with Crippen LogP contribution in [0.3, 0.4) is 0 Å². The van der Waals surface area contributed by atoms with Crippen molar-refractivity contribution in [3.8, 4) is 27.9 Å². The smallest absolute Gasteiger partial charge is 0.0585 e. The fourth-order valence-corrected chi connectivity index (χ4v) is 12.8. The Morgan fingerprint density at radius 2 is 1.20 bits per heavy atom. The van der Waals surface area contributed by atoms with E-state index >= 15 is 0 Å². The van der Waals surface area contributed by atoms with Crippen LogP contribution >= 0.6 is 11.3 Å². The summed E-state index contributed by atoms with van der Waals surface area (Å²) in [5.41, 5.74) is 14.7. The first-order valence-electron chi connectivity index (χ1n) is 24.3. The normalized spacial score (nSPS) is 18.1. The Kier molecular flexibility index (Phi) is 9.95. The number of thiophene rings is 1. The summed E-state index contributed by atoms with van der Waals surface area (Å²) in [5, 5.41) is 7.78. The summed E-state index contributed by atoms with van der Waals surface area (Å²) in [6.45, 7) is 4.83. The van der Waals surface area contributed by atoms with E-state index in [1.807, 2.05) is 11.3 Å². The summed E-state index contributed by atoms with van der Waals surface area (Å²) in [6.07, 6.45) is 15.7. The molecule has 0 spiro atoms. The van der Waals surface area contributed by atoms with Gasteiger partial charge in [0, 0.05) is 59.0 Å². The van der Waals surface area contributed by atoms with Crippen LogP contribution in [0.2, 0.25) is 0 Å². The predicted molar refractivity (Wildman–Crippen MR) is 297 cm³/mol. The molecule has 11 aromatic rings. The summed E-state index contributed by atoms with van der Waals surface area (Å²) >= 11 is 1.90. The van der Waals surface area contributed by atoms with Gasteiger partial charge in [-0.05, 0) is 99.0 Å². The minimum Gasteiger partial charge on any atom is -0.334 e. The topological polar surface area (TPSA) is 8.17 Å². The molecule has 0 amide bonds. The first-order chi connectivity index (χ1) is 34.0. The highest BCUT2D eigenvalue weighted by Crippen LogP contribution is 2.48. The Hall–Kier alpha value is -7.98. The molecule has 0 aliphatic heterocycles. The maximum Gasteiger partial charge on any atom is 0.0585 e. The molecule has 0 saturated carbocycles. The van der Waals surface area contributed by atoms with E-state index in [9.17, 15) is 0 Å². The molecule has 2 aliphatic rings. The standard InChI is InChI=1S/C66H50N2S/c1-44-43-47(51-29-17-31-55-53-26-11-14-36-62(53)69-65(51)55)37-38-58(44)67(59-33-12-9-25-52(59)54-30-16-22-46-21-15-28-50(63(46)54)45-19-5-3-6-20-45)49-39-41-66(2,42-40-49)57-32-18-35-61-64(57)56-27-10-13-34-60(56)68(61)48-23-7-4-8-24-48/h3-41,43-44,58H,42H2,1-2H3. The van der Waals surface area contributed by atoms with Crippen LogP contribution in [0.15, 0.2) is 248 Å². The molecule has 0 saturated heterocycles. The average molecular weight is 903 g/mol. The molecule has 0 bridgehead atoms. The maximum absolute atomic E-state index is 2.64. The van der Waals surface area contributed by atoms with Gasteiger partial charge in [-0.2, -0.15) is 0 Å². The van der Waals surface area contributed by atoms with Crippen molar-refractivity contribution >= 4 is 75.3 Å². The molecule has 3 atom stereocenters. The minimum atomic E-state index is -0.246. The van der Waals surface area contributed by atoms with Gasteiger partial charge in [0.15, 0.2) is 0 Å². The van der Waals surface area contributed by atoms with Crippen molar-refractivity contribution in [2.24, 2.45) is 5.92 Å². The van der Waals surface area contributed by atoms with E-state index in [1.54, 1.807) is 0 Å². The molecule has 13 rings (SSSR count). The molecule has 9 aromatic carbocycles. The second kappa shape index (κ2) is 16.7. The molecule has 2 aliphatic carbocycles. The molecule has 3 unspecified atom stereocenters. The first kappa shape index (κ1) is 41.2. The van der Waals surface area contributed by atoms with Crippen molar-refractivity contribution in [2.75, 3.05) is 4.90 Å². The fraction of sp³-hybridized carbons (Fsp3) is 0.0909. The van der Waals surface area contributed by atoms with Crippen LogP contribution in [0, 0.1) is 5.92 Å². The van der Waals surface area contributed by atoms with Gasteiger partial charge in [-0.15, -0.1) is 11.3 Å². The SMILES string of the molecule is CC1C=C(c2cccc3c2sc2ccccc23)C=CC1N(C1=CCC(C)(c2cccc3c2c2ccccc2n3-c2ccccc2)C=C1)c1ccccc1-c1cccc2cccc(-c3ccccc3)c12. The summed E-state index contributed by atoms with van der Waals surface area (Å²) in [6, 6.07) is 75.8. The van der Waals surface area contributed by atoms with Gasteiger partial charge in [0.1, 0.15) is 0 Å². The Morgan fingerprint density at radius 1 is 0.551 bits per heavy atom. The second-order valence-corrected chi connectivity index (χ2v) is 20.1. The monoisotopic (exact) mass is 902 g/mol. The van der Waals surface area contributed by atoms with E-state index in [-0.39, 0.29) is 17.4 Å². The zero-order valence-electron chi connectivity index (χ0n) is 38.8. The fourth-order valence-electron chi connectivity index (χ4n) is 11.5. The third-order valence-electron chi connectivity index (χ3n) is 14.9. The van der Waals surface area contributed by atoms with Crippen LogP contribution in [0.1, 0.15) is 31.4 Å². The Balaban J connectivity index is 0.955. The molecule has 69 heavy (non-hydrogen) atoms. The first-order valence-corrected chi connectivity index (χ1v) is 25.1. The van der Waals surface area contributed by atoms with Crippen molar-refractivity contribution in [1.82, 2.24) is 4.57 Å². The predicted octanol–water partition coefficient (Wildman–Crippen LogP) is 17.9. The highest BCUT2D eigenvalue weighted by Gasteiger charge is 2.34. The molecular weight excluding hydrogens is 853 g/mol. The lowest BCUT2D eigenvalue weighted by atomic mass is 9.75. The van der Waals surface area contributed by atoms with Gasteiger partial charge in [0.05, 0.1) is 17.1 Å². The van der Waals surface area contributed by atoms with Crippen LogP contribution in [-0.2, 0) is 5.41 Å². The van der Waals surface area contributed by atoms with Gasteiger partial charge in [-0.3, -0.25) is 0 Å². The van der Waals surface area contributed by atoms with Crippen molar-refractivity contribution in [3.63, 3.8) is 0 Å². The van der Waals surface area contributed by atoms with Crippen molar-refractivity contribution in [3.05, 3.63) is 260 Å². The summed E-state index contributed by atoms with van der Waals surface area (Å²) in [7, 11) is 0. The van der Waals surface area contributed by atoms with Crippen LogP contribution in [0.25, 0.3) is 86.3 Å². The van der Waals surface area contributed by atoms with Crippen LogP contribution < -0.4 is 4.90 Å². The third-order valence-corrected chi connectivity index (χ3v) is 16.1. The molecule has 0 N–H and O–H groups in total. The number of nitrogens with zero attached hydrogens (tertiary/aromatic N) is 2. The lowest BCUT2D eigenvalue weighted by Crippen LogP contribution is -2.39. The summed E-state index contributed by atoms with van der Waals surface area (Å²) < 4.78 is 5.12. The van der Waals surface area contributed by atoms with Gasteiger partial charge in [-0.1, -0.05) is 214 Å². The lowest BCUT2D eigenvalue weighted by molar-refractivity contribution is 0.576. The molecular formula is C66H50N2S. The molecule has 0 radical (unpaired) electrons. The van der Waals surface area contributed by atoms with Crippen LogP contribution in [0.5, 0.6) is 0 Å². The van der Waals surface area contributed by atoms with Crippen molar-refractivity contribution < 1.29 is 0 Å². The highest BCUT2D eigenvalue weighted by atomic mass is 32.1. The number of anilines is 1. The molecule has 0 fully saturated rings. The maximum atomic E-state index is 2.64. The van der Waals surface area contributed by atoms with Gasteiger partial charge < -0.3 is 9.47 Å². The molecule has 330 valence electrons. The van der Waals surface area contributed by atoms with E-state index in [0.29, 0.717) is 0 Å². The number of aromatic nitrogens is 1. The van der Waals surface area contributed by atoms with E-state index < -0.39 is 0 Å². The number of rotatable bonds is 8. The zero-order chi connectivity index (χ0) is 46.1. The highest BCUT2D eigenvalue weighted by molar-refractivity contribution is 7.26. The van der Waals surface area contributed by atoms with Gasteiger partial charge >= 0.3 is 0 Å². The van der Waals surface area contributed by atoms with E-state index in [1.165, 1.54) is 109 Å². The second-order valence-electron chi connectivity index (χ2n) is 19.0. The van der Waals surface area contributed by atoms with Crippen LogP contribution in [-0.4, -0.2) is 10.6 Å². The van der Waals surface area contributed by atoms with Crippen molar-refractivity contribution in [2.45, 2.75) is 31.7 Å². The van der Waals surface area contributed by atoms with E-state index in [0.717, 1.165) is 6.42 Å². The average Bonchev–Trinajstić information content (AvgIpc) is 3.96. The summed E-state index contributed by atoms with van der Waals surface area (Å²) in [4.78, 5) is 2.64. The van der Waals surface area contributed by atoms with Gasteiger partial charge in [0.25, 0.3) is 0 Å². The largest absolute Gasteiger partial charge is 0.334 e. The molecule has 2 nitrogen and oxygen atoms in total. The summed E-state index contributed by atoms with van der Waals surface area (Å²) in [5.74, 6) is 0.190. The van der Waals surface area contributed by atoms with Crippen LogP contribution in [0.4, 0.5) is 5.69 Å². The van der Waals surface area contributed by atoms with E-state index in [4.69, 9.17) is 0 Å². The third kappa shape index (κ3) is 6.83. The number of benzene rings is 9. The minimum absolute atomic E-state index is 0.0487. The number of fused-ring (bicyclic) bond motifs is 7. The Bertz CT molecular complexity index is 3910. The number of para-hydroxylation sites is 3. The molecule has 3 heteroatoms. The lowest BCUT2D eigenvalue weighted by Gasteiger charge is -2.41. The quantitative estimate of drug-likeness (QED) is 0.147. The number of hydrogen-bond donors (Lipinski definition) is 0. The number of hydrogen-bond acceptors (Lipinski definition) is 2. The zero-order valence-corrected chi connectivity index (χ0v) is 39.6. The van der Waals surface area contributed by atoms with Gasteiger partial charge in [0.2, 0.25) is 0 Å². The van der Waals surface area contributed by atoms with Gasteiger partial charge in [-0.25, -0.2) is 0 Å². The molecule has 2 heterocycles. The van der Waals surface area contributed by atoms with Crippen molar-refractivity contribution in [1.29, 1.82) is 0 Å². The number of allylic oxidation sites excluding steroid dienone is 5.